The van der Waals surface area contributed by atoms with E-state index in [-0.39, 0.29) is 5.78 Å². The molecule has 0 bridgehead atoms. The molecular formula is C14H20O2. The topological polar surface area (TPSA) is 37.3 Å². The van der Waals surface area contributed by atoms with Crippen molar-refractivity contribution in [1.29, 1.82) is 0 Å². The number of Topliss-reactive ketones (excluding diaryl/α,β-unsaturated/α-hetero) is 1. The molecule has 2 nitrogen and oxygen atoms in total. The molecule has 0 aliphatic heterocycles. The summed E-state index contributed by atoms with van der Waals surface area (Å²) in [5, 5.41) is 9.74. The Labute approximate surface area is 97.3 Å². The maximum atomic E-state index is 11.6. The maximum Gasteiger partial charge on any atom is 0.164 e. The van der Waals surface area contributed by atoms with Gasteiger partial charge in [-0.2, -0.15) is 0 Å². The molecule has 0 fully saturated rings. The predicted molar refractivity (Wildman–Crippen MR) is 65.3 cm³/mol. The smallest absolute Gasteiger partial charge is 0.164 e. The third-order valence-electron chi connectivity index (χ3n) is 3.00. The highest BCUT2D eigenvalue weighted by Gasteiger charge is 2.26. The number of carbonyl (C=O) groups excluding carboxylic acids is 1. The zero-order chi connectivity index (χ0) is 12.0. The van der Waals surface area contributed by atoms with E-state index < -0.39 is 5.60 Å². The van der Waals surface area contributed by atoms with Crippen LogP contribution in [0.3, 0.4) is 0 Å². The summed E-state index contributed by atoms with van der Waals surface area (Å²) in [5.74, 6) is -0.0501. The van der Waals surface area contributed by atoms with E-state index in [9.17, 15) is 9.90 Å². The molecule has 1 atom stereocenters. The molecule has 16 heavy (non-hydrogen) atoms. The first-order valence-corrected chi connectivity index (χ1v) is 5.86. The van der Waals surface area contributed by atoms with Gasteiger partial charge < -0.3 is 5.11 Å². The van der Waals surface area contributed by atoms with E-state index in [1.165, 1.54) is 5.56 Å². The summed E-state index contributed by atoms with van der Waals surface area (Å²) in [5.41, 5.74) is 0.0999. The fourth-order valence-corrected chi connectivity index (χ4v) is 1.56. The first-order valence-electron chi connectivity index (χ1n) is 5.86. The van der Waals surface area contributed by atoms with Crippen LogP contribution >= 0.6 is 0 Å². The van der Waals surface area contributed by atoms with Crippen molar-refractivity contribution < 1.29 is 9.90 Å². The van der Waals surface area contributed by atoms with Crippen LogP contribution in [0.25, 0.3) is 0 Å². The average Bonchev–Trinajstić information content (AvgIpc) is 2.30. The van der Waals surface area contributed by atoms with E-state index in [0.717, 1.165) is 12.8 Å². The van der Waals surface area contributed by atoms with E-state index in [1.54, 1.807) is 6.92 Å². The van der Waals surface area contributed by atoms with Crippen LogP contribution in [-0.2, 0) is 11.2 Å². The van der Waals surface area contributed by atoms with Crippen molar-refractivity contribution in [2.24, 2.45) is 0 Å². The lowest BCUT2D eigenvalue weighted by Gasteiger charge is -2.19. The number of hydrogen-bond donors (Lipinski definition) is 1. The third kappa shape index (κ3) is 3.78. The molecule has 0 radical (unpaired) electrons. The molecule has 0 aromatic heterocycles. The second-order valence-corrected chi connectivity index (χ2v) is 4.39. The van der Waals surface area contributed by atoms with Gasteiger partial charge in [-0.15, -0.1) is 0 Å². The third-order valence-corrected chi connectivity index (χ3v) is 3.00. The number of benzene rings is 1. The van der Waals surface area contributed by atoms with Gasteiger partial charge in [0.1, 0.15) is 5.60 Å². The Balaban J connectivity index is 2.34. The van der Waals surface area contributed by atoms with Gasteiger partial charge in [0.2, 0.25) is 0 Å². The largest absolute Gasteiger partial charge is 0.382 e. The highest BCUT2D eigenvalue weighted by molar-refractivity contribution is 5.86. The Morgan fingerprint density at radius 1 is 1.31 bits per heavy atom. The molecule has 0 aliphatic rings. The zero-order valence-electron chi connectivity index (χ0n) is 10.1. The molecular weight excluding hydrogens is 200 g/mol. The van der Waals surface area contributed by atoms with Crippen molar-refractivity contribution >= 4 is 5.78 Å². The molecule has 1 N–H and O–H groups in total. The van der Waals surface area contributed by atoms with Gasteiger partial charge in [0.15, 0.2) is 5.78 Å². The Bertz CT molecular complexity index is 328. The lowest BCUT2D eigenvalue weighted by Crippen LogP contribution is -2.34. The van der Waals surface area contributed by atoms with E-state index in [0.29, 0.717) is 12.8 Å². The summed E-state index contributed by atoms with van der Waals surface area (Å²) in [4.78, 5) is 11.6. The first-order chi connectivity index (χ1) is 7.56. The average molecular weight is 220 g/mol. The highest BCUT2D eigenvalue weighted by atomic mass is 16.3. The Morgan fingerprint density at radius 3 is 2.50 bits per heavy atom. The van der Waals surface area contributed by atoms with Crippen LogP contribution < -0.4 is 0 Å². The molecule has 0 amide bonds. The molecule has 1 rings (SSSR count). The number of hydrogen-bond acceptors (Lipinski definition) is 2. The van der Waals surface area contributed by atoms with E-state index in [2.05, 4.69) is 12.1 Å². The molecule has 1 aromatic rings. The number of aliphatic hydroxyl groups is 1. The number of ketones is 1. The molecule has 0 saturated carbocycles. The van der Waals surface area contributed by atoms with Crippen molar-refractivity contribution in [2.75, 3.05) is 0 Å². The van der Waals surface area contributed by atoms with Crippen LogP contribution in [0.2, 0.25) is 0 Å². The second kappa shape index (κ2) is 5.80. The minimum Gasteiger partial charge on any atom is -0.382 e. The Kier molecular flexibility index (Phi) is 4.69. The van der Waals surface area contributed by atoms with Crippen LogP contribution in [0.15, 0.2) is 30.3 Å². The van der Waals surface area contributed by atoms with Crippen LogP contribution in [0.4, 0.5) is 0 Å². The Hall–Kier alpha value is -1.15. The molecule has 1 aromatic carbocycles. The Morgan fingerprint density at radius 2 is 1.94 bits per heavy atom. The summed E-state index contributed by atoms with van der Waals surface area (Å²) in [6, 6.07) is 10.1. The number of carbonyl (C=O) groups is 1. The molecule has 2 heteroatoms. The molecule has 0 spiro atoms. The minimum absolute atomic E-state index is 0.0501. The summed E-state index contributed by atoms with van der Waals surface area (Å²) in [6.07, 6.45) is 2.64. The predicted octanol–water partition coefficient (Wildman–Crippen LogP) is 2.74. The number of rotatable bonds is 6. The van der Waals surface area contributed by atoms with Crippen molar-refractivity contribution in [1.82, 2.24) is 0 Å². The van der Waals surface area contributed by atoms with E-state index in [1.807, 2.05) is 25.1 Å². The molecule has 88 valence electrons. The van der Waals surface area contributed by atoms with Gasteiger partial charge in [-0.05, 0) is 31.7 Å². The lowest BCUT2D eigenvalue weighted by molar-refractivity contribution is -0.136. The summed E-state index contributed by atoms with van der Waals surface area (Å²) in [7, 11) is 0. The van der Waals surface area contributed by atoms with Crippen molar-refractivity contribution in [2.45, 2.75) is 45.1 Å². The molecule has 1 unspecified atom stereocenters. The van der Waals surface area contributed by atoms with Gasteiger partial charge in [0, 0.05) is 6.42 Å². The molecule has 0 saturated heterocycles. The molecule has 0 aliphatic carbocycles. The SMILES string of the molecule is CCC(C)(O)C(=O)CCCc1ccccc1. The minimum atomic E-state index is -1.14. The van der Waals surface area contributed by atoms with Crippen LogP contribution in [-0.4, -0.2) is 16.5 Å². The fraction of sp³-hybridized carbons (Fsp3) is 0.500. The number of aryl methyl sites for hydroxylation is 1. The quantitative estimate of drug-likeness (QED) is 0.800. The normalized spacial score (nSPS) is 14.4. The van der Waals surface area contributed by atoms with Crippen molar-refractivity contribution in [3.63, 3.8) is 0 Å². The summed E-state index contributed by atoms with van der Waals surface area (Å²) in [6.45, 7) is 3.42. The first kappa shape index (κ1) is 12.9. The van der Waals surface area contributed by atoms with Gasteiger partial charge in [-0.3, -0.25) is 4.79 Å². The van der Waals surface area contributed by atoms with Crippen LogP contribution in [0.1, 0.15) is 38.7 Å². The maximum absolute atomic E-state index is 11.6. The van der Waals surface area contributed by atoms with E-state index >= 15 is 0 Å². The fourth-order valence-electron chi connectivity index (χ4n) is 1.56. The van der Waals surface area contributed by atoms with Crippen LogP contribution in [0, 0.1) is 0 Å². The zero-order valence-corrected chi connectivity index (χ0v) is 10.1. The van der Waals surface area contributed by atoms with Crippen LogP contribution in [0.5, 0.6) is 0 Å². The summed E-state index contributed by atoms with van der Waals surface area (Å²) < 4.78 is 0. The van der Waals surface area contributed by atoms with Gasteiger partial charge >= 0.3 is 0 Å². The second-order valence-electron chi connectivity index (χ2n) is 4.39. The standard InChI is InChI=1S/C14H20O2/c1-3-14(2,16)13(15)11-7-10-12-8-5-4-6-9-12/h4-6,8-9,16H,3,7,10-11H2,1-2H3. The highest BCUT2D eigenvalue weighted by Crippen LogP contribution is 2.14. The van der Waals surface area contributed by atoms with Gasteiger partial charge in [0.05, 0.1) is 0 Å². The van der Waals surface area contributed by atoms with E-state index in [4.69, 9.17) is 0 Å². The van der Waals surface area contributed by atoms with Crippen molar-refractivity contribution in [3.8, 4) is 0 Å². The van der Waals surface area contributed by atoms with Crippen molar-refractivity contribution in [3.05, 3.63) is 35.9 Å². The molecule has 0 heterocycles. The monoisotopic (exact) mass is 220 g/mol. The van der Waals surface area contributed by atoms with Gasteiger partial charge in [0.25, 0.3) is 0 Å². The van der Waals surface area contributed by atoms with Gasteiger partial charge in [-0.25, -0.2) is 0 Å². The summed E-state index contributed by atoms with van der Waals surface area (Å²) >= 11 is 0. The lowest BCUT2D eigenvalue weighted by atomic mass is 9.93. The van der Waals surface area contributed by atoms with Gasteiger partial charge in [-0.1, -0.05) is 37.3 Å².